The molecule has 0 saturated carbocycles. The van der Waals surface area contributed by atoms with Gasteiger partial charge < -0.3 is 25.4 Å². The largest absolute Gasteiger partial charge is 0.386 e. The Kier molecular flexibility index (Phi) is 7.90. The van der Waals surface area contributed by atoms with E-state index >= 15 is 0 Å². The zero-order chi connectivity index (χ0) is 26.7. The number of hydrogen-bond acceptors (Lipinski definition) is 9. The Morgan fingerprint density at radius 2 is 2.03 bits per heavy atom. The number of ether oxygens (including phenoxy) is 1. The number of aliphatic hydroxyl groups is 1. The lowest BCUT2D eigenvalue weighted by Crippen LogP contribution is -2.17. The van der Waals surface area contributed by atoms with Crippen LogP contribution in [0.2, 0.25) is 0 Å². The average Bonchev–Trinajstić information content (AvgIpc) is 3.42. The molecule has 196 valence electrons. The third-order valence-electron chi connectivity index (χ3n) is 5.68. The van der Waals surface area contributed by atoms with Gasteiger partial charge in [0.15, 0.2) is 5.82 Å². The number of nitrogens with zero attached hydrogens (tertiary/aromatic N) is 3. The molecule has 1 aromatic carbocycles. The topological polar surface area (TPSA) is 136 Å². The number of amides is 1. The van der Waals surface area contributed by atoms with E-state index in [1.54, 1.807) is 19.1 Å². The second-order valence-electron chi connectivity index (χ2n) is 9.07. The Morgan fingerprint density at radius 3 is 2.65 bits per heavy atom. The lowest BCUT2D eigenvalue weighted by Gasteiger charge is -2.20. The van der Waals surface area contributed by atoms with Gasteiger partial charge in [-0.05, 0) is 50.1 Å². The van der Waals surface area contributed by atoms with Gasteiger partial charge in [0.05, 0.1) is 17.2 Å². The summed E-state index contributed by atoms with van der Waals surface area (Å²) in [5.74, 6) is -0.903. The number of rotatable bonds is 10. The van der Waals surface area contributed by atoms with Gasteiger partial charge in [-0.2, -0.15) is 4.98 Å². The smallest absolute Gasteiger partial charge is 0.247 e. The summed E-state index contributed by atoms with van der Waals surface area (Å²) < 4.78 is 40.3. The van der Waals surface area contributed by atoms with Crippen molar-refractivity contribution >= 4 is 23.5 Å². The fraction of sp³-hybridized carbons (Fsp3) is 0.360. The summed E-state index contributed by atoms with van der Waals surface area (Å²) in [5.41, 5.74) is 5.07. The minimum atomic E-state index is -1.40. The van der Waals surface area contributed by atoms with Gasteiger partial charge >= 0.3 is 0 Å². The number of primary amides is 1. The molecule has 37 heavy (non-hydrogen) atoms. The number of halogens is 2. The Hall–Kier alpha value is -3.35. The monoisotopic (exact) mass is 531 g/mol. The Bertz CT molecular complexity index is 1320. The van der Waals surface area contributed by atoms with E-state index in [1.807, 2.05) is 6.07 Å². The van der Waals surface area contributed by atoms with Crippen molar-refractivity contribution in [3.05, 3.63) is 81.1 Å². The quantitative estimate of drug-likeness (QED) is 0.331. The maximum atomic E-state index is 14.9. The highest BCUT2D eigenvalue weighted by molar-refractivity contribution is 8.03. The zero-order valence-corrected chi connectivity index (χ0v) is 21.4. The molecule has 3 aromatic rings. The van der Waals surface area contributed by atoms with Crippen LogP contribution in [-0.4, -0.2) is 32.7 Å². The number of nitrogens with two attached hydrogens (primary N) is 1. The SMILES string of the molecule is Cc1nc(COCCc2cccc(NC3=C(C(N)=O)CC(c4c(F)cc(C(C)(C)O)cc4F)S3)n2)no1. The summed E-state index contributed by atoms with van der Waals surface area (Å²) in [4.78, 5) is 20.7. The molecule has 1 aliphatic rings. The average molecular weight is 532 g/mol. The number of hydrogen-bond donors (Lipinski definition) is 3. The van der Waals surface area contributed by atoms with E-state index in [9.17, 15) is 18.7 Å². The van der Waals surface area contributed by atoms with Crippen LogP contribution in [0.1, 0.15) is 54.1 Å². The molecule has 0 spiro atoms. The lowest BCUT2D eigenvalue weighted by molar-refractivity contribution is -0.114. The van der Waals surface area contributed by atoms with Crippen LogP contribution < -0.4 is 11.1 Å². The number of nitrogens with one attached hydrogen (secondary N) is 1. The summed E-state index contributed by atoms with van der Waals surface area (Å²) in [6, 6.07) is 7.56. The first-order valence-electron chi connectivity index (χ1n) is 11.5. The summed E-state index contributed by atoms with van der Waals surface area (Å²) in [5, 5.41) is 16.6. The van der Waals surface area contributed by atoms with E-state index in [1.165, 1.54) is 13.8 Å². The van der Waals surface area contributed by atoms with E-state index in [-0.39, 0.29) is 29.7 Å². The predicted molar refractivity (Wildman–Crippen MR) is 133 cm³/mol. The van der Waals surface area contributed by atoms with E-state index < -0.39 is 28.4 Å². The summed E-state index contributed by atoms with van der Waals surface area (Å²) in [7, 11) is 0. The van der Waals surface area contributed by atoms with E-state index in [0.717, 1.165) is 29.6 Å². The molecule has 0 bridgehead atoms. The molecule has 1 amide bonds. The molecule has 1 atom stereocenters. The Balaban J connectivity index is 1.44. The number of carbonyl (C=O) groups excluding carboxylic acids is 1. The minimum absolute atomic E-state index is 0.0428. The number of thioether (sulfide) groups is 1. The standard InChI is InChI=1S/C25H27F2N5O4S/c1-13-29-21(32-36-13)12-35-8-7-15-5-4-6-20(30-15)31-24-16(23(28)33)11-19(37-24)22-17(26)9-14(10-18(22)27)25(2,3)34/h4-6,9-10,19,34H,7-8,11-12H2,1-3H3,(H2,28,33)(H,30,31). The van der Waals surface area contributed by atoms with Gasteiger partial charge in [0.1, 0.15) is 24.1 Å². The second kappa shape index (κ2) is 11.0. The molecule has 2 aromatic heterocycles. The number of aryl methyl sites for hydroxylation is 1. The molecule has 4 rings (SSSR count). The summed E-state index contributed by atoms with van der Waals surface area (Å²) >= 11 is 1.10. The van der Waals surface area contributed by atoms with Crippen molar-refractivity contribution in [1.29, 1.82) is 0 Å². The van der Waals surface area contributed by atoms with Gasteiger partial charge in [-0.3, -0.25) is 4.79 Å². The maximum Gasteiger partial charge on any atom is 0.247 e. The van der Waals surface area contributed by atoms with Gasteiger partial charge in [-0.1, -0.05) is 23.0 Å². The number of benzene rings is 1. The van der Waals surface area contributed by atoms with Gasteiger partial charge in [-0.25, -0.2) is 13.8 Å². The molecule has 9 nitrogen and oxygen atoms in total. The summed E-state index contributed by atoms with van der Waals surface area (Å²) in [6.07, 6.45) is 0.551. The molecule has 12 heteroatoms. The van der Waals surface area contributed by atoms with E-state index in [0.29, 0.717) is 35.6 Å². The van der Waals surface area contributed by atoms with Crippen molar-refractivity contribution < 1.29 is 27.9 Å². The van der Waals surface area contributed by atoms with Crippen LogP contribution >= 0.6 is 11.8 Å². The van der Waals surface area contributed by atoms with Crippen LogP contribution in [0.4, 0.5) is 14.6 Å². The first kappa shape index (κ1) is 26.7. The molecular formula is C25H27F2N5O4S. The number of pyridine rings is 1. The van der Waals surface area contributed by atoms with Crippen molar-refractivity contribution in [3.63, 3.8) is 0 Å². The van der Waals surface area contributed by atoms with Crippen LogP contribution in [0.5, 0.6) is 0 Å². The summed E-state index contributed by atoms with van der Waals surface area (Å²) in [6.45, 7) is 5.18. The second-order valence-corrected chi connectivity index (χ2v) is 10.3. The van der Waals surface area contributed by atoms with Crippen LogP contribution in [0.3, 0.4) is 0 Å². The zero-order valence-electron chi connectivity index (χ0n) is 20.5. The van der Waals surface area contributed by atoms with Gasteiger partial charge in [0.2, 0.25) is 11.8 Å². The van der Waals surface area contributed by atoms with Crippen molar-refractivity contribution in [3.8, 4) is 0 Å². The molecule has 3 heterocycles. The normalized spacial score (nSPS) is 15.9. The van der Waals surface area contributed by atoms with Crippen molar-refractivity contribution in [2.24, 2.45) is 5.73 Å². The van der Waals surface area contributed by atoms with Crippen LogP contribution in [0.25, 0.3) is 0 Å². The molecule has 0 aliphatic carbocycles. The lowest BCUT2D eigenvalue weighted by atomic mass is 9.94. The highest BCUT2D eigenvalue weighted by atomic mass is 32.2. The Morgan fingerprint density at radius 1 is 1.30 bits per heavy atom. The molecular weight excluding hydrogens is 504 g/mol. The van der Waals surface area contributed by atoms with Crippen molar-refractivity contribution in [2.45, 2.75) is 51.1 Å². The van der Waals surface area contributed by atoms with Crippen molar-refractivity contribution in [1.82, 2.24) is 15.1 Å². The number of aromatic nitrogens is 3. The van der Waals surface area contributed by atoms with Crippen molar-refractivity contribution in [2.75, 3.05) is 11.9 Å². The molecule has 0 radical (unpaired) electrons. The predicted octanol–water partition coefficient (Wildman–Crippen LogP) is 4.02. The third-order valence-corrected chi connectivity index (χ3v) is 6.95. The van der Waals surface area contributed by atoms with Gasteiger partial charge in [-0.15, -0.1) is 0 Å². The minimum Gasteiger partial charge on any atom is -0.386 e. The van der Waals surface area contributed by atoms with Crippen LogP contribution in [0, 0.1) is 18.6 Å². The van der Waals surface area contributed by atoms with Gasteiger partial charge in [0.25, 0.3) is 0 Å². The van der Waals surface area contributed by atoms with Gasteiger partial charge in [0, 0.05) is 35.4 Å². The fourth-order valence-electron chi connectivity index (χ4n) is 3.80. The fourth-order valence-corrected chi connectivity index (χ4v) is 5.17. The number of carbonyl (C=O) groups is 1. The molecule has 4 N–H and O–H groups in total. The molecule has 1 unspecified atom stereocenters. The first-order chi connectivity index (χ1) is 17.5. The highest BCUT2D eigenvalue weighted by Gasteiger charge is 2.34. The molecule has 0 saturated heterocycles. The van der Waals surface area contributed by atoms with E-state index in [2.05, 4.69) is 20.4 Å². The van der Waals surface area contributed by atoms with E-state index in [4.69, 9.17) is 15.0 Å². The highest BCUT2D eigenvalue weighted by Crippen LogP contribution is 2.49. The number of anilines is 1. The Labute approximate surface area is 216 Å². The maximum absolute atomic E-state index is 14.9. The molecule has 1 aliphatic heterocycles. The third kappa shape index (κ3) is 6.51. The molecule has 0 fully saturated rings. The van der Waals surface area contributed by atoms with Crippen LogP contribution in [0.15, 0.2) is 45.5 Å². The van der Waals surface area contributed by atoms with Crippen LogP contribution in [-0.2, 0) is 28.2 Å². The first-order valence-corrected chi connectivity index (χ1v) is 12.4.